The minimum Gasteiger partial charge on any atom is -0.507 e. The SMILES string of the molecule is C.CCN1C(=O)c2c(nc(OC)n2Cc2ccc(O)c(Br)c2)N2C[C@@H](Cc3ccccc3)N=C12. The summed E-state index contributed by atoms with van der Waals surface area (Å²) >= 11 is 3.36. The van der Waals surface area contributed by atoms with E-state index in [0.29, 0.717) is 47.6 Å². The van der Waals surface area contributed by atoms with E-state index in [9.17, 15) is 9.90 Å². The van der Waals surface area contributed by atoms with Gasteiger partial charge in [0.2, 0.25) is 5.96 Å². The van der Waals surface area contributed by atoms with E-state index in [1.54, 1.807) is 22.6 Å². The number of methoxy groups -OCH3 is 1. The van der Waals surface area contributed by atoms with Crippen LogP contribution in [0, 0.1) is 0 Å². The highest BCUT2D eigenvalue weighted by Gasteiger charge is 2.43. The fourth-order valence-electron chi connectivity index (χ4n) is 4.42. The third kappa shape index (κ3) is 4.04. The summed E-state index contributed by atoms with van der Waals surface area (Å²) in [5.41, 5.74) is 2.59. The summed E-state index contributed by atoms with van der Waals surface area (Å²) in [6.45, 7) is 3.47. The Bertz CT molecular complexity index is 1240. The van der Waals surface area contributed by atoms with Gasteiger partial charge in [-0.1, -0.05) is 43.8 Å². The van der Waals surface area contributed by atoms with Crippen LogP contribution in [0.2, 0.25) is 0 Å². The number of ether oxygens (including phenoxy) is 1. The molecule has 34 heavy (non-hydrogen) atoms. The van der Waals surface area contributed by atoms with E-state index in [0.717, 1.165) is 12.0 Å². The number of carbonyl (C=O) groups is 1. The summed E-state index contributed by atoms with van der Waals surface area (Å²) in [6.07, 6.45) is 0.793. The molecule has 5 rings (SSSR count). The number of phenolic OH excluding ortho intramolecular Hbond substituents is 1. The lowest BCUT2D eigenvalue weighted by Gasteiger charge is -2.32. The molecule has 178 valence electrons. The van der Waals surface area contributed by atoms with Crippen LogP contribution in [0.1, 0.15) is 36.0 Å². The number of hydrogen-bond acceptors (Lipinski definition) is 6. The Morgan fingerprint density at radius 3 is 2.62 bits per heavy atom. The number of amides is 1. The summed E-state index contributed by atoms with van der Waals surface area (Å²) in [4.78, 5) is 26.9. The van der Waals surface area contributed by atoms with Crippen molar-refractivity contribution in [2.45, 2.75) is 33.4 Å². The van der Waals surface area contributed by atoms with Crippen molar-refractivity contribution in [1.82, 2.24) is 14.5 Å². The Morgan fingerprint density at radius 1 is 1.18 bits per heavy atom. The third-order valence-corrected chi connectivity index (χ3v) is 6.59. The monoisotopic (exact) mass is 525 g/mol. The highest BCUT2D eigenvalue weighted by Crippen LogP contribution is 2.36. The Labute approximate surface area is 207 Å². The van der Waals surface area contributed by atoms with E-state index in [2.05, 4.69) is 33.0 Å². The Hall–Kier alpha value is -3.33. The first-order chi connectivity index (χ1) is 16.0. The topological polar surface area (TPSA) is 83.2 Å². The summed E-state index contributed by atoms with van der Waals surface area (Å²) in [6, 6.07) is 15.9. The number of aromatic nitrogens is 2. The first-order valence-electron chi connectivity index (χ1n) is 10.8. The van der Waals surface area contributed by atoms with Crippen LogP contribution in [0.4, 0.5) is 5.82 Å². The molecular formula is C25H28BrN5O3. The van der Waals surface area contributed by atoms with Gasteiger partial charge < -0.3 is 9.84 Å². The number of aliphatic imine (C=N–C) groups is 1. The average molecular weight is 526 g/mol. The van der Waals surface area contributed by atoms with Crippen molar-refractivity contribution in [3.63, 3.8) is 0 Å². The van der Waals surface area contributed by atoms with Crippen molar-refractivity contribution in [2.24, 2.45) is 4.99 Å². The number of phenols is 1. The van der Waals surface area contributed by atoms with Crippen LogP contribution in [0.3, 0.4) is 0 Å². The highest BCUT2D eigenvalue weighted by atomic mass is 79.9. The lowest BCUT2D eigenvalue weighted by molar-refractivity contribution is 0.0835. The van der Waals surface area contributed by atoms with Crippen LogP contribution < -0.4 is 9.64 Å². The molecule has 8 nitrogen and oxygen atoms in total. The lowest BCUT2D eigenvalue weighted by Crippen LogP contribution is -2.50. The molecule has 1 amide bonds. The predicted molar refractivity (Wildman–Crippen MR) is 136 cm³/mol. The molecule has 2 aliphatic heterocycles. The van der Waals surface area contributed by atoms with Crippen molar-refractivity contribution < 1.29 is 14.6 Å². The van der Waals surface area contributed by atoms with Crippen LogP contribution in [0.25, 0.3) is 0 Å². The number of halogens is 1. The van der Waals surface area contributed by atoms with Gasteiger partial charge in [0.05, 0.1) is 30.7 Å². The predicted octanol–water partition coefficient (Wildman–Crippen LogP) is 4.31. The molecule has 0 aliphatic carbocycles. The smallest absolute Gasteiger partial charge is 0.299 e. The first-order valence-corrected chi connectivity index (χ1v) is 11.6. The van der Waals surface area contributed by atoms with Crippen molar-refractivity contribution in [3.8, 4) is 11.8 Å². The van der Waals surface area contributed by atoms with Gasteiger partial charge in [-0.3, -0.25) is 19.2 Å². The number of carbonyl (C=O) groups excluding carboxylic acids is 1. The van der Waals surface area contributed by atoms with E-state index in [4.69, 9.17) is 9.73 Å². The molecule has 3 aromatic rings. The zero-order valence-electron chi connectivity index (χ0n) is 18.4. The zero-order chi connectivity index (χ0) is 23.1. The molecule has 0 radical (unpaired) electrons. The van der Waals surface area contributed by atoms with Gasteiger partial charge >= 0.3 is 0 Å². The maximum Gasteiger partial charge on any atom is 0.299 e. The lowest BCUT2D eigenvalue weighted by atomic mass is 10.1. The van der Waals surface area contributed by atoms with Crippen molar-refractivity contribution in [3.05, 3.63) is 69.8 Å². The Morgan fingerprint density at radius 2 is 1.94 bits per heavy atom. The molecular weight excluding hydrogens is 498 g/mol. The number of hydrogen-bond donors (Lipinski definition) is 1. The van der Waals surface area contributed by atoms with Crippen LogP contribution in [-0.2, 0) is 13.0 Å². The second-order valence-corrected chi connectivity index (χ2v) is 8.93. The molecule has 1 atom stereocenters. The van der Waals surface area contributed by atoms with E-state index in [-0.39, 0.29) is 25.1 Å². The molecule has 3 heterocycles. The highest BCUT2D eigenvalue weighted by molar-refractivity contribution is 9.10. The van der Waals surface area contributed by atoms with E-state index < -0.39 is 0 Å². The summed E-state index contributed by atoms with van der Waals surface area (Å²) in [7, 11) is 1.55. The normalized spacial score (nSPS) is 16.6. The summed E-state index contributed by atoms with van der Waals surface area (Å²) in [5.74, 6) is 1.25. The minimum absolute atomic E-state index is 0. The molecule has 0 fully saturated rings. The van der Waals surface area contributed by atoms with Gasteiger partial charge in [0.15, 0.2) is 11.5 Å². The number of benzene rings is 2. The van der Waals surface area contributed by atoms with Crippen LogP contribution in [0.5, 0.6) is 11.8 Å². The Balaban J connectivity index is 0.00000274. The molecule has 1 aromatic heterocycles. The molecule has 0 saturated heterocycles. The number of rotatable bonds is 6. The van der Waals surface area contributed by atoms with Gasteiger partial charge in [0, 0.05) is 6.54 Å². The van der Waals surface area contributed by atoms with E-state index >= 15 is 0 Å². The number of aromatic hydroxyl groups is 1. The van der Waals surface area contributed by atoms with Crippen molar-refractivity contribution in [1.29, 1.82) is 0 Å². The van der Waals surface area contributed by atoms with Gasteiger partial charge in [0.1, 0.15) is 5.75 Å². The molecule has 0 saturated carbocycles. The second-order valence-electron chi connectivity index (χ2n) is 8.08. The van der Waals surface area contributed by atoms with Crippen LogP contribution >= 0.6 is 15.9 Å². The van der Waals surface area contributed by atoms with Crippen molar-refractivity contribution in [2.75, 3.05) is 25.1 Å². The number of anilines is 1. The second kappa shape index (κ2) is 9.50. The molecule has 0 spiro atoms. The summed E-state index contributed by atoms with van der Waals surface area (Å²) < 4.78 is 7.95. The van der Waals surface area contributed by atoms with E-state index in [1.807, 2.05) is 42.2 Å². The standard InChI is InChI=1S/C24H24BrN5O3.CH4/c1-3-28-22(32)20-21(30-14-17(26-23(28)30)11-15-7-5-4-6-8-15)27-24(33-2)29(20)13-16-9-10-19(31)18(25)12-16;/h4-10,12,17,31H,3,11,13-14H2,1-2H3;1H4/t17-;/m1./s1. The van der Waals surface area contributed by atoms with Gasteiger partial charge in [-0.25, -0.2) is 4.99 Å². The molecule has 9 heteroatoms. The quantitative estimate of drug-likeness (QED) is 0.518. The fraction of sp³-hybridized carbons (Fsp3) is 0.320. The molecule has 1 N–H and O–H groups in total. The Kier molecular flexibility index (Phi) is 6.65. The third-order valence-electron chi connectivity index (χ3n) is 5.96. The fourth-order valence-corrected chi connectivity index (χ4v) is 4.84. The minimum atomic E-state index is -0.142. The van der Waals surface area contributed by atoms with Crippen LogP contribution in [0.15, 0.2) is 58.0 Å². The molecule has 0 bridgehead atoms. The number of imidazole rings is 1. The number of nitrogens with zero attached hydrogens (tertiary/aromatic N) is 5. The molecule has 0 unspecified atom stereocenters. The summed E-state index contributed by atoms with van der Waals surface area (Å²) in [5, 5.41) is 9.83. The van der Waals surface area contributed by atoms with Gasteiger partial charge in [-0.15, -0.1) is 0 Å². The molecule has 2 aliphatic rings. The van der Waals surface area contributed by atoms with Gasteiger partial charge in [-0.05, 0) is 52.5 Å². The maximum absolute atomic E-state index is 13.6. The van der Waals surface area contributed by atoms with E-state index in [1.165, 1.54) is 5.56 Å². The number of guanidine groups is 1. The maximum atomic E-state index is 13.6. The largest absolute Gasteiger partial charge is 0.507 e. The van der Waals surface area contributed by atoms with Gasteiger partial charge in [-0.2, -0.15) is 4.98 Å². The zero-order valence-corrected chi connectivity index (χ0v) is 20.0. The van der Waals surface area contributed by atoms with Crippen molar-refractivity contribution >= 4 is 33.6 Å². The van der Waals surface area contributed by atoms with Gasteiger partial charge in [0.25, 0.3) is 11.9 Å². The first kappa shape index (κ1) is 23.8. The molecule has 2 aromatic carbocycles. The van der Waals surface area contributed by atoms with Crippen LogP contribution in [-0.4, -0.2) is 57.7 Å². The average Bonchev–Trinajstić information content (AvgIpc) is 3.39. The number of fused-ring (bicyclic) bond motifs is 3.